The summed E-state index contributed by atoms with van der Waals surface area (Å²) in [5.41, 5.74) is 5.56. The first-order valence-corrected chi connectivity index (χ1v) is 3.78. The first kappa shape index (κ1) is 12.6. The molecule has 0 aromatic heterocycles. The van der Waals surface area contributed by atoms with Crippen molar-refractivity contribution in [3.63, 3.8) is 0 Å². The van der Waals surface area contributed by atoms with Gasteiger partial charge < -0.3 is 5.73 Å². The van der Waals surface area contributed by atoms with Gasteiger partial charge in [-0.15, -0.1) is 12.4 Å². The van der Waals surface area contributed by atoms with Gasteiger partial charge in [-0.2, -0.15) is 0 Å². The zero-order valence-corrected chi connectivity index (χ0v) is 8.16. The second-order valence-corrected chi connectivity index (χ2v) is 2.85. The lowest BCUT2D eigenvalue weighted by atomic mass is 10.1. The third-order valence-electron chi connectivity index (χ3n) is 1.51. The Kier molecular flexibility index (Phi) is 5.21. The first-order valence-electron chi connectivity index (χ1n) is 3.40. The van der Waals surface area contributed by atoms with E-state index in [0.717, 1.165) is 0 Å². The van der Waals surface area contributed by atoms with Crippen LogP contribution in [0, 0.1) is 0 Å². The number of hydrogen-bond acceptors (Lipinski definition) is 1. The normalized spacial score (nSPS) is 12.4. The van der Waals surface area contributed by atoms with Gasteiger partial charge in [-0.3, -0.25) is 0 Å². The van der Waals surface area contributed by atoms with Gasteiger partial charge in [0, 0.05) is 5.02 Å². The Morgan fingerprint density at radius 1 is 1.31 bits per heavy atom. The van der Waals surface area contributed by atoms with Crippen LogP contribution in [0.1, 0.15) is 11.6 Å². The summed E-state index contributed by atoms with van der Waals surface area (Å²) in [6.45, 7) is 0. The molecule has 74 valence electrons. The largest absolute Gasteiger partial charge is 0.319 e. The number of nitrogens with two attached hydrogens (primary N) is 1. The van der Waals surface area contributed by atoms with Gasteiger partial charge in [-0.05, 0) is 17.7 Å². The zero-order chi connectivity index (χ0) is 9.14. The molecule has 1 aromatic rings. The van der Waals surface area contributed by atoms with Gasteiger partial charge in [0.2, 0.25) is 0 Å². The number of halogens is 4. The molecule has 0 radical (unpaired) electrons. The van der Waals surface area contributed by atoms with Gasteiger partial charge in [-0.25, -0.2) is 8.78 Å². The second kappa shape index (κ2) is 5.37. The summed E-state index contributed by atoms with van der Waals surface area (Å²) < 4.78 is 24.2. The Hall–Kier alpha value is -0.380. The average Bonchev–Trinajstić information content (AvgIpc) is 2.03. The van der Waals surface area contributed by atoms with Crippen LogP contribution in [0.15, 0.2) is 24.3 Å². The van der Waals surface area contributed by atoms with Gasteiger partial charge in [0.1, 0.15) is 0 Å². The molecule has 0 saturated heterocycles. The van der Waals surface area contributed by atoms with E-state index in [1.165, 1.54) is 12.1 Å². The van der Waals surface area contributed by atoms with Crippen LogP contribution in [0.5, 0.6) is 0 Å². The molecule has 0 heterocycles. The number of alkyl halides is 2. The molecule has 1 unspecified atom stereocenters. The molecule has 0 fully saturated rings. The number of hydrogen-bond donors (Lipinski definition) is 1. The van der Waals surface area contributed by atoms with Crippen LogP contribution in [-0.4, -0.2) is 6.43 Å². The van der Waals surface area contributed by atoms with E-state index in [0.29, 0.717) is 10.6 Å². The molecule has 5 heteroatoms. The third-order valence-corrected chi connectivity index (χ3v) is 1.74. The molecular formula is C8H9Cl2F2N. The Labute approximate surface area is 86.3 Å². The maximum absolute atomic E-state index is 12.1. The van der Waals surface area contributed by atoms with E-state index in [2.05, 4.69) is 0 Å². The summed E-state index contributed by atoms with van der Waals surface area (Å²) in [4.78, 5) is 0. The fourth-order valence-electron chi connectivity index (χ4n) is 0.859. The van der Waals surface area contributed by atoms with Gasteiger partial charge >= 0.3 is 0 Å². The number of benzene rings is 1. The lowest BCUT2D eigenvalue weighted by Crippen LogP contribution is -2.18. The van der Waals surface area contributed by atoms with Gasteiger partial charge in [-0.1, -0.05) is 23.7 Å². The van der Waals surface area contributed by atoms with Crippen molar-refractivity contribution in [1.29, 1.82) is 0 Å². The standard InChI is InChI=1S/C8H8ClF2N.ClH/c9-6-3-1-2-5(4-6)7(12)8(10)11;/h1-4,7-8H,12H2;1H. The van der Waals surface area contributed by atoms with Gasteiger partial charge in [0.05, 0.1) is 6.04 Å². The summed E-state index contributed by atoms with van der Waals surface area (Å²) in [6.07, 6.45) is -2.55. The van der Waals surface area contributed by atoms with Crippen molar-refractivity contribution < 1.29 is 8.78 Å². The molecule has 0 saturated carbocycles. The van der Waals surface area contributed by atoms with E-state index in [1.807, 2.05) is 0 Å². The smallest absolute Gasteiger partial charge is 0.257 e. The molecule has 0 aliphatic heterocycles. The summed E-state index contributed by atoms with van der Waals surface area (Å²) in [5.74, 6) is 0. The highest BCUT2D eigenvalue weighted by atomic mass is 35.5. The van der Waals surface area contributed by atoms with Crippen LogP contribution in [-0.2, 0) is 0 Å². The van der Waals surface area contributed by atoms with E-state index in [9.17, 15) is 8.78 Å². The highest BCUT2D eigenvalue weighted by Gasteiger charge is 2.16. The quantitative estimate of drug-likeness (QED) is 0.827. The molecule has 0 amide bonds. The summed E-state index contributed by atoms with van der Waals surface area (Å²) >= 11 is 5.59. The van der Waals surface area contributed by atoms with Crippen LogP contribution in [0.4, 0.5) is 8.78 Å². The second-order valence-electron chi connectivity index (χ2n) is 2.42. The average molecular weight is 228 g/mol. The maximum Gasteiger partial charge on any atom is 0.257 e. The topological polar surface area (TPSA) is 26.0 Å². The SMILES string of the molecule is Cl.NC(c1cccc(Cl)c1)C(F)F. The minimum Gasteiger partial charge on any atom is -0.319 e. The van der Waals surface area contributed by atoms with Crippen molar-refractivity contribution >= 4 is 24.0 Å². The van der Waals surface area contributed by atoms with Crippen LogP contribution in [0.25, 0.3) is 0 Å². The van der Waals surface area contributed by atoms with Crippen LogP contribution in [0.3, 0.4) is 0 Å². The maximum atomic E-state index is 12.1. The molecule has 0 spiro atoms. The fraction of sp³-hybridized carbons (Fsp3) is 0.250. The zero-order valence-electron chi connectivity index (χ0n) is 6.58. The Balaban J connectivity index is 0.00000144. The molecule has 0 aliphatic carbocycles. The molecule has 1 aromatic carbocycles. The predicted octanol–water partition coefficient (Wildman–Crippen LogP) is 3.03. The van der Waals surface area contributed by atoms with E-state index >= 15 is 0 Å². The van der Waals surface area contributed by atoms with Gasteiger partial charge in [0.25, 0.3) is 6.43 Å². The fourth-order valence-corrected chi connectivity index (χ4v) is 1.06. The third kappa shape index (κ3) is 3.46. The van der Waals surface area contributed by atoms with Crippen LogP contribution >= 0.6 is 24.0 Å². The van der Waals surface area contributed by atoms with Crippen molar-refractivity contribution in [2.24, 2.45) is 5.73 Å². The monoisotopic (exact) mass is 227 g/mol. The summed E-state index contributed by atoms with van der Waals surface area (Å²) in [6, 6.07) is 4.94. The first-order chi connectivity index (χ1) is 5.61. The molecule has 1 atom stereocenters. The highest BCUT2D eigenvalue weighted by Crippen LogP contribution is 2.20. The molecule has 13 heavy (non-hydrogen) atoms. The predicted molar refractivity (Wildman–Crippen MR) is 51.6 cm³/mol. The van der Waals surface area contributed by atoms with Crippen LogP contribution < -0.4 is 5.73 Å². The highest BCUT2D eigenvalue weighted by molar-refractivity contribution is 6.30. The van der Waals surface area contributed by atoms with E-state index < -0.39 is 12.5 Å². The number of rotatable bonds is 2. The van der Waals surface area contributed by atoms with Gasteiger partial charge in [0.15, 0.2) is 0 Å². The lowest BCUT2D eigenvalue weighted by molar-refractivity contribution is 0.116. The minimum atomic E-state index is -2.55. The Bertz CT molecular complexity index is 268. The van der Waals surface area contributed by atoms with E-state index in [4.69, 9.17) is 17.3 Å². The minimum absolute atomic E-state index is 0. The molecule has 2 N–H and O–H groups in total. The van der Waals surface area contributed by atoms with E-state index in [-0.39, 0.29) is 12.4 Å². The molecule has 1 rings (SSSR count). The summed E-state index contributed by atoms with van der Waals surface area (Å²) in [7, 11) is 0. The molecule has 1 nitrogen and oxygen atoms in total. The van der Waals surface area contributed by atoms with Crippen molar-refractivity contribution in [3.8, 4) is 0 Å². The van der Waals surface area contributed by atoms with Crippen molar-refractivity contribution in [1.82, 2.24) is 0 Å². The lowest BCUT2D eigenvalue weighted by Gasteiger charge is -2.10. The Morgan fingerprint density at radius 3 is 2.38 bits per heavy atom. The summed E-state index contributed by atoms with van der Waals surface area (Å²) in [5, 5.41) is 0.420. The van der Waals surface area contributed by atoms with Crippen molar-refractivity contribution in [2.45, 2.75) is 12.5 Å². The molecular weight excluding hydrogens is 219 g/mol. The van der Waals surface area contributed by atoms with Crippen molar-refractivity contribution in [3.05, 3.63) is 34.9 Å². The molecule has 0 bridgehead atoms. The molecule has 0 aliphatic rings. The van der Waals surface area contributed by atoms with Crippen molar-refractivity contribution in [2.75, 3.05) is 0 Å². The Morgan fingerprint density at radius 2 is 1.92 bits per heavy atom. The van der Waals surface area contributed by atoms with E-state index in [1.54, 1.807) is 12.1 Å². The van der Waals surface area contributed by atoms with Crippen LogP contribution in [0.2, 0.25) is 5.02 Å².